The predicted octanol–water partition coefficient (Wildman–Crippen LogP) is 1.20. The lowest BCUT2D eigenvalue weighted by Gasteiger charge is -2.21. The molecule has 106 valence electrons. The zero-order chi connectivity index (χ0) is 13.3. The molecule has 0 aliphatic carbocycles. The standard InChI is InChI=1S/C15H26N4/c1-18(11-12-19-8-2-3-9-19)10-7-17-14-15-5-4-6-16-13-15/h4-6,13,17H,2-3,7-12,14H2,1H3. The molecule has 19 heavy (non-hydrogen) atoms. The highest BCUT2D eigenvalue weighted by molar-refractivity contribution is 5.07. The number of nitrogens with one attached hydrogen (secondary N) is 1. The molecular formula is C15H26N4. The average Bonchev–Trinajstić information content (AvgIpc) is 2.96. The van der Waals surface area contributed by atoms with Gasteiger partial charge in [0, 0.05) is 45.1 Å². The minimum atomic E-state index is 0.911. The molecule has 1 aromatic heterocycles. The number of hydrogen-bond acceptors (Lipinski definition) is 4. The van der Waals surface area contributed by atoms with Crippen LogP contribution in [-0.2, 0) is 6.54 Å². The molecule has 1 aliphatic rings. The molecule has 0 saturated carbocycles. The van der Waals surface area contributed by atoms with Crippen molar-refractivity contribution in [2.75, 3.05) is 46.3 Å². The van der Waals surface area contributed by atoms with E-state index in [9.17, 15) is 0 Å². The van der Waals surface area contributed by atoms with Gasteiger partial charge in [0.1, 0.15) is 0 Å². The third kappa shape index (κ3) is 5.68. The Morgan fingerprint density at radius 2 is 2.16 bits per heavy atom. The van der Waals surface area contributed by atoms with E-state index in [1.807, 2.05) is 18.5 Å². The predicted molar refractivity (Wildman–Crippen MR) is 79.1 cm³/mol. The molecule has 4 nitrogen and oxygen atoms in total. The van der Waals surface area contributed by atoms with Crippen molar-refractivity contribution < 1.29 is 0 Å². The van der Waals surface area contributed by atoms with Crippen LogP contribution in [0.3, 0.4) is 0 Å². The molecule has 0 radical (unpaired) electrons. The van der Waals surface area contributed by atoms with Crippen LogP contribution in [0.1, 0.15) is 18.4 Å². The van der Waals surface area contributed by atoms with Crippen molar-refractivity contribution in [3.63, 3.8) is 0 Å². The van der Waals surface area contributed by atoms with E-state index in [0.29, 0.717) is 0 Å². The van der Waals surface area contributed by atoms with Crippen LogP contribution >= 0.6 is 0 Å². The summed E-state index contributed by atoms with van der Waals surface area (Å²) in [4.78, 5) is 9.10. The lowest BCUT2D eigenvalue weighted by Crippen LogP contribution is -2.35. The highest BCUT2D eigenvalue weighted by Gasteiger charge is 2.11. The summed E-state index contributed by atoms with van der Waals surface area (Å²) in [5.41, 5.74) is 1.25. The molecule has 0 amide bonds. The molecule has 1 fully saturated rings. The summed E-state index contributed by atoms with van der Waals surface area (Å²) in [6, 6.07) is 4.09. The summed E-state index contributed by atoms with van der Waals surface area (Å²) in [5.74, 6) is 0. The Morgan fingerprint density at radius 3 is 2.89 bits per heavy atom. The molecular weight excluding hydrogens is 236 g/mol. The van der Waals surface area contributed by atoms with Gasteiger partial charge in [0.05, 0.1) is 0 Å². The Bertz CT molecular complexity index is 335. The van der Waals surface area contributed by atoms with E-state index in [1.165, 1.54) is 44.6 Å². The lowest BCUT2D eigenvalue weighted by atomic mass is 10.3. The fourth-order valence-corrected chi connectivity index (χ4v) is 2.44. The summed E-state index contributed by atoms with van der Waals surface area (Å²) < 4.78 is 0. The minimum Gasteiger partial charge on any atom is -0.311 e. The molecule has 2 rings (SSSR count). The van der Waals surface area contributed by atoms with Crippen LogP contribution in [0.4, 0.5) is 0 Å². The van der Waals surface area contributed by atoms with Crippen molar-refractivity contribution in [1.82, 2.24) is 20.1 Å². The van der Waals surface area contributed by atoms with Gasteiger partial charge >= 0.3 is 0 Å². The zero-order valence-corrected chi connectivity index (χ0v) is 12.0. The molecule has 0 unspecified atom stereocenters. The van der Waals surface area contributed by atoms with Gasteiger partial charge in [-0.1, -0.05) is 6.07 Å². The maximum absolute atomic E-state index is 4.12. The Morgan fingerprint density at radius 1 is 1.32 bits per heavy atom. The molecule has 2 heterocycles. The van der Waals surface area contributed by atoms with Crippen molar-refractivity contribution in [2.24, 2.45) is 0 Å². The number of hydrogen-bond donors (Lipinski definition) is 1. The molecule has 0 aromatic carbocycles. The van der Waals surface area contributed by atoms with Gasteiger partial charge < -0.3 is 15.1 Å². The molecule has 0 bridgehead atoms. The fourth-order valence-electron chi connectivity index (χ4n) is 2.44. The second-order valence-electron chi connectivity index (χ2n) is 5.39. The Labute approximate surface area is 116 Å². The van der Waals surface area contributed by atoms with E-state index in [-0.39, 0.29) is 0 Å². The molecule has 1 aromatic rings. The van der Waals surface area contributed by atoms with Crippen molar-refractivity contribution in [3.05, 3.63) is 30.1 Å². The summed E-state index contributed by atoms with van der Waals surface area (Å²) in [5, 5.41) is 3.47. The number of pyridine rings is 1. The van der Waals surface area contributed by atoms with Gasteiger partial charge in [0.2, 0.25) is 0 Å². The van der Waals surface area contributed by atoms with Crippen LogP contribution in [0.25, 0.3) is 0 Å². The van der Waals surface area contributed by atoms with Crippen LogP contribution in [0.2, 0.25) is 0 Å². The first-order valence-corrected chi connectivity index (χ1v) is 7.35. The van der Waals surface area contributed by atoms with E-state index in [1.54, 1.807) is 0 Å². The van der Waals surface area contributed by atoms with Crippen LogP contribution in [0, 0.1) is 0 Å². The van der Waals surface area contributed by atoms with Gasteiger partial charge in [-0.2, -0.15) is 0 Å². The number of nitrogens with zero attached hydrogens (tertiary/aromatic N) is 3. The van der Waals surface area contributed by atoms with Gasteiger partial charge in [-0.05, 0) is 44.6 Å². The van der Waals surface area contributed by atoms with Gasteiger partial charge in [0.25, 0.3) is 0 Å². The van der Waals surface area contributed by atoms with Crippen molar-refractivity contribution >= 4 is 0 Å². The van der Waals surface area contributed by atoms with Crippen LogP contribution in [0.15, 0.2) is 24.5 Å². The first-order chi connectivity index (χ1) is 9.34. The van der Waals surface area contributed by atoms with Crippen LogP contribution in [-0.4, -0.2) is 61.1 Å². The maximum atomic E-state index is 4.12. The van der Waals surface area contributed by atoms with E-state index >= 15 is 0 Å². The summed E-state index contributed by atoms with van der Waals surface area (Å²) in [6.45, 7) is 8.04. The molecule has 4 heteroatoms. The first-order valence-electron chi connectivity index (χ1n) is 7.35. The lowest BCUT2D eigenvalue weighted by molar-refractivity contribution is 0.257. The molecule has 1 N–H and O–H groups in total. The van der Waals surface area contributed by atoms with E-state index in [0.717, 1.165) is 19.6 Å². The number of likely N-dealkylation sites (tertiary alicyclic amines) is 1. The Kier molecular flexibility index (Phi) is 6.27. The van der Waals surface area contributed by atoms with Crippen LogP contribution in [0.5, 0.6) is 0 Å². The molecule has 0 atom stereocenters. The normalized spacial score (nSPS) is 16.3. The van der Waals surface area contributed by atoms with Gasteiger partial charge in [-0.3, -0.25) is 4.98 Å². The third-order valence-corrected chi connectivity index (χ3v) is 3.72. The summed E-state index contributed by atoms with van der Waals surface area (Å²) >= 11 is 0. The monoisotopic (exact) mass is 262 g/mol. The van der Waals surface area contributed by atoms with Gasteiger partial charge in [0.15, 0.2) is 0 Å². The zero-order valence-electron chi connectivity index (χ0n) is 12.0. The fraction of sp³-hybridized carbons (Fsp3) is 0.667. The maximum Gasteiger partial charge on any atom is 0.0312 e. The quantitative estimate of drug-likeness (QED) is 0.713. The Balaban J connectivity index is 1.50. The average molecular weight is 262 g/mol. The summed E-state index contributed by atoms with van der Waals surface area (Å²) in [7, 11) is 2.21. The largest absolute Gasteiger partial charge is 0.311 e. The second kappa shape index (κ2) is 8.25. The van der Waals surface area contributed by atoms with Crippen LogP contribution < -0.4 is 5.32 Å². The third-order valence-electron chi connectivity index (χ3n) is 3.72. The Hall–Kier alpha value is -0.970. The second-order valence-corrected chi connectivity index (χ2v) is 5.39. The number of aromatic nitrogens is 1. The first kappa shape index (κ1) is 14.4. The molecule has 1 aliphatic heterocycles. The van der Waals surface area contributed by atoms with Crippen molar-refractivity contribution in [1.29, 1.82) is 0 Å². The number of rotatable bonds is 8. The highest BCUT2D eigenvalue weighted by Crippen LogP contribution is 2.06. The van der Waals surface area contributed by atoms with Crippen molar-refractivity contribution in [3.8, 4) is 0 Å². The molecule has 1 saturated heterocycles. The minimum absolute atomic E-state index is 0.911. The van der Waals surface area contributed by atoms with E-state index in [2.05, 4.69) is 33.2 Å². The summed E-state index contributed by atoms with van der Waals surface area (Å²) in [6.07, 6.45) is 6.51. The van der Waals surface area contributed by atoms with Gasteiger partial charge in [-0.25, -0.2) is 0 Å². The number of likely N-dealkylation sites (N-methyl/N-ethyl adjacent to an activating group) is 1. The van der Waals surface area contributed by atoms with Gasteiger partial charge in [-0.15, -0.1) is 0 Å². The van der Waals surface area contributed by atoms with E-state index < -0.39 is 0 Å². The highest BCUT2D eigenvalue weighted by atomic mass is 15.2. The topological polar surface area (TPSA) is 31.4 Å². The SMILES string of the molecule is CN(CCNCc1cccnc1)CCN1CCCC1. The van der Waals surface area contributed by atoms with E-state index in [4.69, 9.17) is 0 Å². The molecule has 0 spiro atoms. The smallest absolute Gasteiger partial charge is 0.0312 e. The van der Waals surface area contributed by atoms with Crippen molar-refractivity contribution in [2.45, 2.75) is 19.4 Å².